The number of benzene rings is 2. The van der Waals surface area contributed by atoms with Gasteiger partial charge >= 0.3 is 0 Å². The maximum atomic E-state index is 4.83. The van der Waals surface area contributed by atoms with Gasteiger partial charge in [0, 0.05) is 13.1 Å². The molecule has 23 heavy (non-hydrogen) atoms. The van der Waals surface area contributed by atoms with E-state index in [1.807, 2.05) is 6.07 Å². The first-order valence-corrected chi connectivity index (χ1v) is 8.34. The van der Waals surface area contributed by atoms with Gasteiger partial charge in [-0.2, -0.15) is 0 Å². The van der Waals surface area contributed by atoms with Crippen molar-refractivity contribution in [3.63, 3.8) is 0 Å². The van der Waals surface area contributed by atoms with Gasteiger partial charge in [0.1, 0.15) is 5.82 Å². The summed E-state index contributed by atoms with van der Waals surface area (Å²) in [6.45, 7) is 10.5. The average molecular weight is 307 g/mol. The lowest BCUT2D eigenvalue weighted by Crippen LogP contribution is -2.21. The zero-order chi connectivity index (χ0) is 16.4. The van der Waals surface area contributed by atoms with Crippen LogP contribution in [0.1, 0.15) is 42.4 Å². The monoisotopic (exact) mass is 307 g/mol. The van der Waals surface area contributed by atoms with Gasteiger partial charge in [0.25, 0.3) is 0 Å². The molecule has 0 aliphatic carbocycles. The van der Waals surface area contributed by atoms with Gasteiger partial charge in [-0.15, -0.1) is 0 Å². The van der Waals surface area contributed by atoms with E-state index in [4.69, 9.17) is 4.98 Å². The number of aryl methyl sites for hydroxylation is 3. The summed E-state index contributed by atoms with van der Waals surface area (Å²) in [5, 5.41) is 3.61. The fraction of sp³-hybridized carbons (Fsp3) is 0.350. The lowest BCUT2D eigenvalue weighted by atomic mass is 10.1. The van der Waals surface area contributed by atoms with E-state index in [0.29, 0.717) is 0 Å². The van der Waals surface area contributed by atoms with Gasteiger partial charge < -0.3 is 9.88 Å². The molecular formula is C20H25N3. The number of imidazole rings is 1. The molecule has 0 unspecified atom stereocenters. The first-order valence-electron chi connectivity index (χ1n) is 8.34. The fourth-order valence-corrected chi connectivity index (χ4v) is 3.03. The predicted octanol–water partition coefficient (Wildman–Crippen LogP) is 4.52. The minimum Gasteiger partial charge on any atom is -0.327 e. The largest absolute Gasteiger partial charge is 0.327 e. The van der Waals surface area contributed by atoms with Crippen LogP contribution in [0.3, 0.4) is 0 Å². The molecule has 3 rings (SSSR count). The Bertz CT molecular complexity index is 817. The minimum atomic E-state index is 0.212. The van der Waals surface area contributed by atoms with Gasteiger partial charge in [0.05, 0.1) is 17.1 Å². The third kappa shape index (κ3) is 3.15. The molecule has 0 saturated heterocycles. The standard InChI is InChI=1S/C20H25N3/c1-5-23-19-9-7-6-8-18(19)22-20(23)16(4)21-13-17-11-10-14(2)15(3)12-17/h6-12,16,21H,5,13H2,1-4H3/t16-/m0/s1. The van der Waals surface area contributed by atoms with Gasteiger partial charge in [-0.25, -0.2) is 4.98 Å². The molecule has 3 aromatic rings. The van der Waals surface area contributed by atoms with Crippen molar-refractivity contribution in [2.45, 2.75) is 46.8 Å². The molecule has 1 heterocycles. The molecule has 120 valence electrons. The molecule has 3 nitrogen and oxygen atoms in total. The first-order chi connectivity index (χ1) is 11.1. The molecular weight excluding hydrogens is 282 g/mol. The zero-order valence-electron chi connectivity index (χ0n) is 14.4. The highest BCUT2D eigenvalue weighted by molar-refractivity contribution is 5.76. The van der Waals surface area contributed by atoms with Crippen LogP contribution in [0.15, 0.2) is 42.5 Å². The third-order valence-electron chi connectivity index (χ3n) is 4.57. The predicted molar refractivity (Wildman–Crippen MR) is 96.6 cm³/mol. The molecule has 1 aromatic heterocycles. The van der Waals surface area contributed by atoms with E-state index in [-0.39, 0.29) is 6.04 Å². The molecule has 3 heteroatoms. The highest BCUT2D eigenvalue weighted by atomic mass is 15.1. The number of fused-ring (bicyclic) bond motifs is 1. The highest BCUT2D eigenvalue weighted by Crippen LogP contribution is 2.21. The van der Waals surface area contributed by atoms with Crippen molar-refractivity contribution in [3.05, 3.63) is 65.0 Å². The molecule has 1 atom stereocenters. The van der Waals surface area contributed by atoms with Crippen molar-refractivity contribution in [2.75, 3.05) is 0 Å². The topological polar surface area (TPSA) is 29.9 Å². The van der Waals surface area contributed by atoms with Gasteiger partial charge in [0.2, 0.25) is 0 Å². The maximum absolute atomic E-state index is 4.83. The summed E-state index contributed by atoms with van der Waals surface area (Å²) in [5.74, 6) is 1.11. The lowest BCUT2D eigenvalue weighted by molar-refractivity contribution is 0.521. The number of para-hydroxylation sites is 2. The molecule has 0 fully saturated rings. The molecule has 0 radical (unpaired) electrons. The third-order valence-corrected chi connectivity index (χ3v) is 4.57. The number of hydrogen-bond donors (Lipinski definition) is 1. The van der Waals surface area contributed by atoms with Gasteiger partial charge in [0.15, 0.2) is 0 Å². The van der Waals surface area contributed by atoms with E-state index in [9.17, 15) is 0 Å². The van der Waals surface area contributed by atoms with E-state index in [2.05, 4.69) is 74.0 Å². The Hall–Kier alpha value is -2.13. The second-order valence-corrected chi connectivity index (χ2v) is 6.22. The molecule has 0 aliphatic rings. The normalized spacial score (nSPS) is 12.7. The summed E-state index contributed by atoms with van der Waals surface area (Å²) in [4.78, 5) is 4.83. The maximum Gasteiger partial charge on any atom is 0.126 e. The molecule has 1 N–H and O–H groups in total. The molecule has 0 aliphatic heterocycles. The lowest BCUT2D eigenvalue weighted by Gasteiger charge is -2.16. The van der Waals surface area contributed by atoms with Crippen molar-refractivity contribution in [1.82, 2.24) is 14.9 Å². The van der Waals surface area contributed by atoms with Crippen molar-refractivity contribution in [3.8, 4) is 0 Å². The number of hydrogen-bond acceptors (Lipinski definition) is 2. The van der Waals surface area contributed by atoms with E-state index in [1.165, 1.54) is 22.2 Å². The summed E-state index contributed by atoms with van der Waals surface area (Å²) in [5.41, 5.74) is 6.29. The van der Waals surface area contributed by atoms with E-state index in [1.54, 1.807) is 0 Å². The van der Waals surface area contributed by atoms with Gasteiger partial charge in [-0.05, 0) is 56.5 Å². The Morgan fingerprint density at radius 3 is 2.61 bits per heavy atom. The van der Waals surface area contributed by atoms with Gasteiger partial charge in [-0.3, -0.25) is 0 Å². The molecule has 0 bridgehead atoms. The minimum absolute atomic E-state index is 0.212. The first kappa shape index (κ1) is 15.8. The second-order valence-electron chi connectivity index (χ2n) is 6.22. The van der Waals surface area contributed by atoms with Crippen molar-refractivity contribution in [1.29, 1.82) is 0 Å². The smallest absolute Gasteiger partial charge is 0.126 e. The van der Waals surface area contributed by atoms with Crippen molar-refractivity contribution < 1.29 is 0 Å². The summed E-state index contributed by atoms with van der Waals surface area (Å²) >= 11 is 0. The Kier molecular flexibility index (Phi) is 4.49. The fourth-order valence-electron chi connectivity index (χ4n) is 3.03. The molecule has 0 saturated carbocycles. The van der Waals surface area contributed by atoms with Crippen LogP contribution in [-0.2, 0) is 13.1 Å². The SMILES string of the molecule is CCn1c([C@H](C)NCc2ccc(C)c(C)c2)nc2ccccc21. The van der Waals surface area contributed by atoms with Crippen LogP contribution < -0.4 is 5.32 Å². The summed E-state index contributed by atoms with van der Waals surface area (Å²) in [6, 6.07) is 15.2. The van der Waals surface area contributed by atoms with Crippen molar-refractivity contribution >= 4 is 11.0 Å². The van der Waals surface area contributed by atoms with E-state index in [0.717, 1.165) is 24.4 Å². The van der Waals surface area contributed by atoms with Crippen LogP contribution in [0.5, 0.6) is 0 Å². The van der Waals surface area contributed by atoms with Crippen LogP contribution in [-0.4, -0.2) is 9.55 Å². The number of rotatable bonds is 5. The molecule has 0 spiro atoms. The molecule has 0 amide bonds. The van der Waals surface area contributed by atoms with Crippen LogP contribution in [0.25, 0.3) is 11.0 Å². The highest BCUT2D eigenvalue weighted by Gasteiger charge is 2.15. The van der Waals surface area contributed by atoms with Crippen LogP contribution in [0.4, 0.5) is 0 Å². The Balaban J connectivity index is 1.80. The van der Waals surface area contributed by atoms with Crippen LogP contribution in [0.2, 0.25) is 0 Å². The number of aromatic nitrogens is 2. The quantitative estimate of drug-likeness (QED) is 0.751. The van der Waals surface area contributed by atoms with Gasteiger partial charge in [-0.1, -0.05) is 30.3 Å². The van der Waals surface area contributed by atoms with Crippen molar-refractivity contribution in [2.24, 2.45) is 0 Å². The number of nitrogens with one attached hydrogen (secondary N) is 1. The Morgan fingerprint density at radius 1 is 1.09 bits per heavy atom. The Labute approximate surface area is 138 Å². The van der Waals surface area contributed by atoms with Crippen LogP contribution in [0, 0.1) is 13.8 Å². The average Bonchev–Trinajstić information content (AvgIpc) is 2.94. The molecule has 2 aromatic carbocycles. The van der Waals surface area contributed by atoms with E-state index < -0.39 is 0 Å². The Morgan fingerprint density at radius 2 is 1.87 bits per heavy atom. The summed E-state index contributed by atoms with van der Waals surface area (Å²) in [6.07, 6.45) is 0. The number of nitrogens with zero attached hydrogens (tertiary/aromatic N) is 2. The van der Waals surface area contributed by atoms with E-state index >= 15 is 0 Å². The second kappa shape index (κ2) is 6.55. The van der Waals surface area contributed by atoms with Crippen LogP contribution >= 0.6 is 0 Å². The summed E-state index contributed by atoms with van der Waals surface area (Å²) < 4.78 is 2.30. The summed E-state index contributed by atoms with van der Waals surface area (Å²) in [7, 11) is 0. The zero-order valence-corrected chi connectivity index (χ0v) is 14.4.